The Bertz CT molecular complexity index is 1240. The van der Waals surface area contributed by atoms with Crippen LogP contribution in [0.25, 0.3) is 16.6 Å². The summed E-state index contributed by atoms with van der Waals surface area (Å²) in [5.41, 5.74) is 10.3. The molecular formula is C22H24N6O2. The molecule has 30 heavy (non-hydrogen) atoms. The molecule has 0 fully saturated rings. The van der Waals surface area contributed by atoms with Gasteiger partial charge in [-0.15, -0.1) is 5.10 Å². The molecule has 2 aromatic heterocycles. The van der Waals surface area contributed by atoms with Crippen molar-refractivity contribution in [2.24, 2.45) is 0 Å². The lowest BCUT2D eigenvalue weighted by atomic mass is 10.0. The molecule has 4 aromatic rings. The minimum Gasteiger partial charge on any atom is -0.497 e. The highest BCUT2D eigenvalue weighted by Gasteiger charge is 2.19. The smallest absolute Gasteiger partial charge is 0.223 e. The van der Waals surface area contributed by atoms with E-state index in [9.17, 15) is 0 Å². The quantitative estimate of drug-likeness (QED) is 0.559. The Hall–Kier alpha value is -3.39. The number of rotatable bonds is 4. The fraction of sp³-hybridized carbons (Fsp3) is 0.318. The van der Waals surface area contributed by atoms with Crippen LogP contribution in [0, 0.1) is 0 Å². The largest absolute Gasteiger partial charge is 0.497 e. The van der Waals surface area contributed by atoms with Crippen molar-refractivity contribution in [3.8, 4) is 11.5 Å². The Morgan fingerprint density at radius 1 is 1.00 bits per heavy atom. The molecule has 3 heterocycles. The number of hydrogen-bond acceptors (Lipinski definition) is 7. The van der Waals surface area contributed by atoms with Crippen LogP contribution in [-0.4, -0.2) is 51.8 Å². The lowest BCUT2D eigenvalue weighted by molar-refractivity contribution is 0.272. The fourth-order valence-corrected chi connectivity index (χ4v) is 4.13. The zero-order valence-corrected chi connectivity index (χ0v) is 17.1. The predicted molar refractivity (Wildman–Crippen MR) is 115 cm³/mol. The van der Waals surface area contributed by atoms with Crippen LogP contribution in [0.4, 0.5) is 5.95 Å². The van der Waals surface area contributed by atoms with Crippen molar-refractivity contribution in [1.82, 2.24) is 24.5 Å². The Balaban J connectivity index is 1.43. The number of fused-ring (bicyclic) bond motifs is 4. The van der Waals surface area contributed by atoms with Gasteiger partial charge in [0.1, 0.15) is 17.0 Å². The van der Waals surface area contributed by atoms with Gasteiger partial charge in [-0.3, -0.25) is 4.90 Å². The number of para-hydroxylation sites is 1. The van der Waals surface area contributed by atoms with Crippen LogP contribution < -0.4 is 15.2 Å². The van der Waals surface area contributed by atoms with E-state index in [1.54, 1.807) is 18.7 Å². The zero-order chi connectivity index (χ0) is 20.7. The molecule has 8 nitrogen and oxygen atoms in total. The monoisotopic (exact) mass is 404 g/mol. The van der Waals surface area contributed by atoms with Gasteiger partial charge in [0.25, 0.3) is 0 Å². The van der Waals surface area contributed by atoms with E-state index >= 15 is 0 Å². The Labute approximate surface area is 174 Å². The van der Waals surface area contributed by atoms with E-state index < -0.39 is 0 Å². The number of nitrogens with zero attached hydrogens (tertiary/aromatic N) is 5. The topological polar surface area (TPSA) is 90.8 Å². The molecule has 8 heteroatoms. The average Bonchev–Trinajstić information content (AvgIpc) is 3.10. The van der Waals surface area contributed by atoms with Crippen molar-refractivity contribution in [3.63, 3.8) is 0 Å². The molecule has 0 saturated heterocycles. The molecule has 2 aromatic carbocycles. The van der Waals surface area contributed by atoms with Crippen molar-refractivity contribution >= 4 is 22.5 Å². The first-order valence-corrected chi connectivity index (χ1v) is 10.0. The second kappa shape index (κ2) is 7.46. The number of ether oxygens (including phenoxy) is 2. The van der Waals surface area contributed by atoms with Gasteiger partial charge in [0, 0.05) is 18.5 Å². The van der Waals surface area contributed by atoms with Gasteiger partial charge in [-0.2, -0.15) is 4.52 Å². The van der Waals surface area contributed by atoms with Gasteiger partial charge in [-0.25, -0.2) is 9.97 Å². The molecule has 0 radical (unpaired) electrons. The maximum Gasteiger partial charge on any atom is 0.223 e. The molecule has 154 valence electrons. The minimum absolute atomic E-state index is 0.302. The van der Waals surface area contributed by atoms with E-state index in [0.29, 0.717) is 29.4 Å². The number of methoxy groups -OCH3 is 2. The van der Waals surface area contributed by atoms with Crippen LogP contribution in [0.5, 0.6) is 11.5 Å². The van der Waals surface area contributed by atoms with E-state index in [-0.39, 0.29) is 0 Å². The van der Waals surface area contributed by atoms with Crippen molar-refractivity contribution in [1.29, 1.82) is 0 Å². The van der Waals surface area contributed by atoms with Gasteiger partial charge in [-0.1, -0.05) is 12.1 Å². The van der Waals surface area contributed by atoms with Gasteiger partial charge in [0.2, 0.25) is 5.95 Å². The molecule has 1 aliphatic heterocycles. The van der Waals surface area contributed by atoms with Crippen molar-refractivity contribution < 1.29 is 9.47 Å². The Kier molecular flexibility index (Phi) is 4.63. The Morgan fingerprint density at radius 2 is 1.83 bits per heavy atom. The number of nitrogen functional groups attached to an aromatic ring is 1. The van der Waals surface area contributed by atoms with Crippen molar-refractivity contribution in [2.45, 2.75) is 19.4 Å². The number of anilines is 1. The van der Waals surface area contributed by atoms with Crippen molar-refractivity contribution in [3.05, 3.63) is 53.3 Å². The van der Waals surface area contributed by atoms with E-state index in [1.807, 2.05) is 24.3 Å². The maximum absolute atomic E-state index is 6.17. The molecule has 0 atom stereocenters. The average molecular weight is 404 g/mol. The van der Waals surface area contributed by atoms with Crippen LogP contribution in [0.1, 0.15) is 17.0 Å². The van der Waals surface area contributed by atoms with Gasteiger partial charge in [0.15, 0.2) is 11.5 Å². The number of nitrogens with two attached hydrogens (primary N) is 1. The molecule has 0 unspecified atom stereocenters. The predicted octanol–water partition coefficient (Wildman–Crippen LogP) is 2.48. The summed E-state index contributed by atoms with van der Waals surface area (Å²) in [7, 11) is 3.33. The van der Waals surface area contributed by atoms with Gasteiger partial charge >= 0.3 is 0 Å². The molecule has 0 amide bonds. The summed E-state index contributed by atoms with van der Waals surface area (Å²) in [5.74, 6) is 2.62. The highest BCUT2D eigenvalue weighted by Crippen LogP contribution is 2.28. The van der Waals surface area contributed by atoms with E-state index in [1.165, 1.54) is 11.1 Å². The first-order chi connectivity index (χ1) is 14.7. The highest BCUT2D eigenvalue weighted by atomic mass is 16.5. The lowest BCUT2D eigenvalue weighted by Crippen LogP contribution is -2.26. The number of benzene rings is 2. The first kappa shape index (κ1) is 18.6. The summed E-state index contributed by atoms with van der Waals surface area (Å²) in [6.07, 6.45) is 1.97. The summed E-state index contributed by atoms with van der Waals surface area (Å²) >= 11 is 0. The lowest BCUT2D eigenvalue weighted by Gasteiger charge is -2.17. The third-order valence-electron chi connectivity index (χ3n) is 5.73. The molecule has 0 spiro atoms. The minimum atomic E-state index is 0.302. The second-order valence-electron chi connectivity index (χ2n) is 7.50. The Morgan fingerprint density at radius 3 is 2.63 bits per heavy atom. The normalized spacial score (nSPS) is 14.6. The number of aromatic nitrogens is 4. The van der Waals surface area contributed by atoms with Gasteiger partial charge in [0.05, 0.1) is 20.8 Å². The van der Waals surface area contributed by atoms with E-state index in [2.05, 4.69) is 27.1 Å². The summed E-state index contributed by atoms with van der Waals surface area (Å²) in [4.78, 5) is 11.7. The third-order valence-corrected chi connectivity index (χ3v) is 5.73. The van der Waals surface area contributed by atoms with E-state index in [4.69, 9.17) is 20.2 Å². The second-order valence-corrected chi connectivity index (χ2v) is 7.50. The summed E-state index contributed by atoms with van der Waals surface area (Å²) in [5, 5.41) is 5.51. The van der Waals surface area contributed by atoms with Crippen LogP contribution in [0.15, 0.2) is 36.4 Å². The first-order valence-electron chi connectivity index (χ1n) is 10.0. The molecule has 5 rings (SSSR count). The number of hydrogen-bond donors (Lipinski definition) is 1. The molecular weight excluding hydrogens is 380 g/mol. The van der Waals surface area contributed by atoms with E-state index in [0.717, 1.165) is 42.9 Å². The SMILES string of the molecule is COc1ccc2c(c1)CCN(Cc1nc3c4cccc(OC)c4nc(N)n3n1)CC2. The third kappa shape index (κ3) is 3.19. The summed E-state index contributed by atoms with van der Waals surface area (Å²) in [6.45, 7) is 2.56. The van der Waals surface area contributed by atoms with Crippen LogP contribution in [-0.2, 0) is 19.4 Å². The molecule has 1 aliphatic rings. The van der Waals surface area contributed by atoms with Crippen LogP contribution >= 0.6 is 0 Å². The highest BCUT2D eigenvalue weighted by molar-refractivity contribution is 5.95. The van der Waals surface area contributed by atoms with Crippen molar-refractivity contribution in [2.75, 3.05) is 33.0 Å². The maximum atomic E-state index is 6.17. The molecule has 0 aliphatic carbocycles. The fourth-order valence-electron chi connectivity index (χ4n) is 4.13. The summed E-state index contributed by atoms with van der Waals surface area (Å²) in [6, 6.07) is 12.1. The molecule has 0 saturated carbocycles. The summed E-state index contributed by atoms with van der Waals surface area (Å²) < 4.78 is 12.4. The molecule has 2 N–H and O–H groups in total. The standard InChI is InChI=1S/C22H24N6O2/c1-29-16-7-6-14-8-10-27(11-9-15(14)12-16)13-19-24-21-17-4-3-5-18(30-2)20(17)25-22(23)28(21)26-19/h3-7,12H,8-11,13H2,1-2H3,(H2,23,25). The van der Waals surface area contributed by atoms with Gasteiger partial charge in [-0.05, 0) is 48.2 Å². The molecule has 0 bridgehead atoms. The van der Waals surface area contributed by atoms with Gasteiger partial charge < -0.3 is 15.2 Å². The van der Waals surface area contributed by atoms with Crippen LogP contribution in [0.3, 0.4) is 0 Å². The van der Waals surface area contributed by atoms with Crippen LogP contribution in [0.2, 0.25) is 0 Å². The zero-order valence-electron chi connectivity index (χ0n) is 17.1.